The van der Waals surface area contributed by atoms with Crippen LogP contribution in [0.15, 0.2) is 36.4 Å². The van der Waals surface area contributed by atoms with Crippen molar-refractivity contribution in [3.05, 3.63) is 64.8 Å². The number of aryl methyl sites for hydroxylation is 1. The van der Waals surface area contributed by atoms with Crippen LogP contribution in [0.5, 0.6) is 0 Å². The Morgan fingerprint density at radius 3 is 2.39 bits per heavy atom. The maximum absolute atomic E-state index is 14.2. The van der Waals surface area contributed by atoms with Gasteiger partial charge in [-0.15, -0.1) is 0 Å². The molecule has 1 aliphatic rings. The summed E-state index contributed by atoms with van der Waals surface area (Å²) in [5.74, 6) is -2.60. The Morgan fingerprint density at radius 1 is 1.21 bits per heavy atom. The van der Waals surface area contributed by atoms with Crippen molar-refractivity contribution in [3.63, 3.8) is 0 Å². The van der Waals surface area contributed by atoms with Crippen LogP contribution in [0.3, 0.4) is 0 Å². The Balaban J connectivity index is 2.08. The molecule has 2 aromatic carbocycles. The largest absolute Gasteiger partial charge is 0.478 e. The number of hydrogen-bond acceptors (Lipinski definition) is 3. The van der Waals surface area contributed by atoms with Crippen LogP contribution in [0.1, 0.15) is 29.8 Å². The Labute approximate surface area is 166 Å². The average molecular weight is 397 g/mol. The second-order valence-corrected chi connectivity index (χ2v) is 7.23. The van der Waals surface area contributed by atoms with Gasteiger partial charge in [0.05, 0.1) is 12.1 Å². The van der Waals surface area contributed by atoms with Gasteiger partial charge in [0.2, 0.25) is 0 Å². The van der Waals surface area contributed by atoms with Crippen LogP contribution in [0.4, 0.5) is 21.5 Å². The fraction of sp³-hybridized carbons (Fsp3) is 0.200. The minimum atomic E-state index is -1.37. The van der Waals surface area contributed by atoms with E-state index in [1.807, 2.05) is 0 Å². The van der Waals surface area contributed by atoms with Gasteiger partial charge >= 0.3 is 5.97 Å². The minimum absolute atomic E-state index is 0.146. The van der Waals surface area contributed by atoms with Crippen molar-refractivity contribution in [1.82, 2.24) is 0 Å². The van der Waals surface area contributed by atoms with Gasteiger partial charge < -0.3 is 10.0 Å². The summed E-state index contributed by atoms with van der Waals surface area (Å²) in [6.07, 6.45) is 0. The molecule has 1 fully saturated rings. The first-order valence-corrected chi connectivity index (χ1v) is 8.70. The van der Waals surface area contributed by atoms with E-state index in [1.54, 1.807) is 39.0 Å². The monoisotopic (exact) mass is 397 g/mol. The van der Waals surface area contributed by atoms with E-state index in [0.29, 0.717) is 16.9 Å². The molecule has 0 radical (unpaired) electrons. The van der Waals surface area contributed by atoms with E-state index in [0.717, 1.165) is 12.1 Å². The van der Waals surface area contributed by atoms with Gasteiger partial charge in [0.25, 0.3) is 5.91 Å². The van der Waals surface area contributed by atoms with Gasteiger partial charge in [0.1, 0.15) is 11.4 Å². The lowest BCUT2D eigenvalue weighted by Gasteiger charge is -2.29. The number of anilines is 2. The van der Waals surface area contributed by atoms with Crippen LogP contribution in [-0.4, -0.2) is 27.6 Å². The number of carbonyl (C=O) groups excluding carboxylic acids is 1. The summed E-state index contributed by atoms with van der Waals surface area (Å²) in [7, 11) is 0. The van der Waals surface area contributed by atoms with Crippen LogP contribution in [0.2, 0.25) is 0 Å². The number of halogens is 1. The highest BCUT2D eigenvalue weighted by molar-refractivity contribution is 7.81. The lowest BCUT2D eigenvalue weighted by atomic mass is 10.0. The van der Waals surface area contributed by atoms with Crippen molar-refractivity contribution >= 4 is 46.3 Å². The molecule has 1 heterocycles. The Kier molecular flexibility index (Phi) is 4.65. The van der Waals surface area contributed by atoms with Crippen molar-refractivity contribution in [1.29, 1.82) is 0 Å². The molecule has 0 atom stereocenters. The second-order valence-electron chi connectivity index (χ2n) is 6.87. The van der Waals surface area contributed by atoms with Crippen LogP contribution >= 0.6 is 12.2 Å². The summed E-state index contributed by atoms with van der Waals surface area (Å²) in [6.45, 7) is 12.2. The number of benzene rings is 2. The van der Waals surface area contributed by atoms with Crippen molar-refractivity contribution in [2.45, 2.75) is 26.3 Å². The third-order valence-corrected chi connectivity index (χ3v) is 5.03. The number of carboxylic acid groups (broad SMARTS) is 1. The van der Waals surface area contributed by atoms with E-state index in [1.165, 1.54) is 15.9 Å². The van der Waals surface area contributed by atoms with Crippen molar-refractivity contribution in [2.75, 3.05) is 9.80 Å². The van der Waals surface area contributed by atoms with Crippen LogP contribution in [-0.2, 0) is 4.79 Å². The first-order chi connectivity index (χ1) is 13.1. The molecule has 0 aromatic heterocycles. The lowest BCUT2D eigenvalue weighted by molar-refractivity contribution is -0.120. The van der Waals surface area contributed by atoms with Crippen LogP contribution < -0.4 is 9.80 Å². The predicted octanol–water partition coefficient (Wildman–Crippen LogP) is 4.30. The number of thiocarbonyl (C=S) groups is 1. The molecule has 1 aliphatic heterocycles. The second kappa shape index (κ2) is 6.69. The Morgan fingerprint density at radius 2 is 1.86 bits per heavy atom. The molecule has 142 valence electrons. The topological polar surface area (TPSA) is 65.2 Å². The number of aromatic carboxylic acids is 1. The van der Waals surface area contributed by atoms with Gasteiger partial charge in [0.15, 0.2) is 10.8 Å². The molecular weight excluding hydrogens is 381 g/mol. The molecule has 2 aromatic rings. The van der Waals surface area contributed by atoms with Gasteiger partial charge in [0, 0.05) is 11.4 Å². The lowest BCUT2D eigenvalue weighted by Crippen LogP contribution is -2.44. The molecule has 0 unspecified atom stereocenters. The summed E-state index contributed by atoms with van der Waals surface area (Å²) in [5.41, 5.74) is 0.404. The van der Waals surface area contributed by atoms with E-state index in [9.17, 15) is 14.0 Å². The summed E-state index contributed by atoms with van der Waals surface area (Å²) in [6, 6.07) is 8.58. The normalized spacial score (nSPS) is 15.7. The molecule has 3 rings (SSSR count). The minimum Gasteiger partial charge on any atom is -0.478 e. The maximum Gasteiger partial charge on any atom is 0.338 e. The molecule has 8 heteroatoms. The molecule has 28 heavy (non-hydrogen) atoms. The molecule has 0 spiro atoms. The zero-order valence-electron chi connectivity index (χ0n) is 15.4. The number of rotatable bonds is 3. The van der Waals surface area contributed by atoms with E-state index >= 15 is 0 Å². The Hall–Kier alpha value is -3.31. The quantitative estimate of drug-likeness (QED) is 0.618. The van der Waals surface area contributed by atoms with Gasteiger partial charge in [-0.25, -0.2) is 14.0 Å². The van der Waals surface area contributed by atoms with Gasteiger partial charge in [-0.05, 0) is 68.9 Å². The zero-order valence-corrected chi connectivity index (χ0v) is 16.2. The maximum atomic E-state index is 14.2. The highest BCUT2D eigenvalue weighted by Gasteiger charge is 2.50. The third-order valence-electron chi connectivity index (χ3n) is 4.67. The first kappa shape index (κ1) is 19.5. The standard InChI is InChI=1S/C20H16FN3O3S/c1-11-9-12(6-8-16(11)22-4)23-18(27)20(2,3)24(19(23)28)13-5-7-14(17(25)26)15(21)10-13/h5-10H,1-3H3,(H,25,26). The summed E-state index contributed by atoms with van der Waals surface area (Å²) in [5, 5.41) is 9.16. The number of amides is 1. The van der Waals surface area contributed by atoms with E-state index < -0.39 is 22.9 Å². The molecular formula is C20H16FN3O3S. The predicted molar refractivity (Wildman–Crippen MR) is 107 cm³/mol. The summed E-state index contributed by atoms with van der Waals surface area (Å²) < 4.78 is 14.2. The summed E-state index contributed by atoms with van der Waals surface area (Å²) in [4.78, 5) is 30.4. The number of nitrogens with zero attached hydrogens (tertiary/aromatic N) is 3. The van der Waals surface area contributed by atoms with Crippen LogP contribution in [0, 0.1) is 19.3 Å². The van der Waals surface area contributed by atoms with Crippen LogP contribution in [0.25, 0.3) is 4.85 Å². The molecule has 6 nitrogen and oxygen atoms in total. The fourth-order valence-electron chi connectivity index (χ4n) is 3.18. The smallest absolute Gasteiger partial charge is 0.338 e. The number of carbonyl (C=O) groups is 2. The molecule has 0 bridgehead atoms. The van der Waals surface area contributed by atoms with Gasteiger partial charge in [-0.1, -0.05) is 6.07 Å². The van der Waals surface area contributed by atoms with E-state index in [4.69, 9.17) is 23.9 Å². The molecule has 1 saturated heterocycles. The molecule has 1 amide bonds. The highest BCUT2D eigenvalue weighted by Crippen LogP contribution is 2.37. The van der Waals surface area contributed by atoms with Gasteiger partial charge in [-0.2, -0.15) is 0 Å². The molecule has 0 saturated carbocycles. The SMILES string of the molecule is [C-]#[N+]c1ccc(N2C(=O)C(C)(C)N(c3ccc(C(=O)O)c(F)c3)C2=S)cc1C. The first-order valence-electron chi connectivity index (χ1n) is 8.29. The zero-order chi connectivity index (χ0) is 20.8. The van der Waals surface area contributed by atoms with E-state index in [2.05, 4.69) is 4.85 Å². The highest BCUT2D eigenvalue weighted by atomic mass is 32.1. The van der Waals surface area contributed by atoms with E-state index in [-0.39, 0.29) is 16.7 Å². The van der Waals surface area contributed by atoms with Crippen molar-refractivity contribution in [3.8, 4) is 0 Å². The Bertz CT molecular complexity index is 1070. The number of hydrogen-bond donors (Lipinski definition) is 1. The van der Waals surface area contributed by atoms with Crippen molar-refractivity contribution in [2.24, 2.45) is 0 Å². The fourth-order valence-corrected chi connectivity index (χ4v) is 3.70. The molecule has 0 aliphatic carbocycles. The summed E-state index contributed by atoms with van der Waals surface area (Å²) >= 11 is 5.52. The third kappa shape index (κ3) is 2.90. The number of carboxylic acids is 1. The average Bonchev–Trinajstić information content (AvgIpc) is 2.79. The molecule has 1 N–H and O–H groups in total. The van der Waals surface area contributed by atoms with Gasteiger partial charge in [-0.3, -0.25) is 9.69 Å². The van der Waals surface area contributed by atoms with Crippen molar-refractivity contribution < 1.29 is 19.1 Å².